The van der Waals surface area contributed by atoms with Crippen molar-refractivity contribution in [2.75, 3.05) is 25.5 Å². The molecule has 0 aliphatic heterocycles. The SMILES string of the molecule is CN(C(=O)NCc1cccc(F)c1Cl)[C@@H](CN)COC(=O)Nc1noc(-c2cccc(F)c2)c1I. The summed E-state index contributed by atoms with van der Waals surface area (Å²) in [6, 6.07) is 8.86. The zero-order valence-electron chi connectivity index (χ0n) is 18.4. The highest BCUT2D eigenvalue weighted by molar-refractivity contribution is 14.1. The molecule has 0 aliphatic rings. The molecular weight excluding hydrogens is 599 g/mol. The number of hydrogen-bond donors (Lipinski definition) is 3. The van der Waals surface area contributed by atoms with Crippen molar-refractivity contribution < 1.29 is 27.6 Å². The number of urea groups is 1. The third-order valence-corrected chi connectivity index (χ3v) is 6.38. The Morgan fingerprint density at radius 1 is 1.29 bits per heavy atom. The van der Waals surface area contributed by atoms with E-state index in [1.54, 1.807) is 12.1 Å². The van der Waals surface area contributed by atoms with E-state index in [9.17, 15) is 18.4 Å². The first kappa shape index (κ1) is 26.6. The van der Waals surface area contributed by atoms with Gasteiger partial charge in [0.15, 0.2) is 11.6 Å². The average Bonchev–Trinajstić information content (AvgIpc) is 3.19. The van der Waals surface area contributed by atoms with Crippen molar-refractivity contribution in [3.05, 3.63) is 68.3 Å². The minimum Gasteiger partial charge on any atom is -0.447 e. The van der Waals surface area contributed by atoms with E-state index in [0.717, 1.165) is 0 Å². The van der Waals surface area contributed by atoms with Gasteiger partial charge in [0.2, 0.25) is 0 Å². The van der Waals surface area contributed by atoms with Crippen molar-refractivity contribution in [1.82, 2.24) is 15.4 Å². The third kappa shape index (κ3) is 6.80. The van der Waals surface area contributed by atoms with Crippen LogP contribution in [0, 0.1) is 15.2 Å². The maximum atomic E-state index is 13.6. The van der Waals surface area contributed by atoms with E-state index >= 15 is 0 Å². The Kier molecular flexibility index (Phi) is 9.23. The predicted molar refractivity (Wildman–Crippen MR) is 134 cm³/mol. The van der Waals surface area contributed by atoms with Crippen LogP contribution in [0.15, 0.2) is 47.0 Å². The van der Waals surface area contributed by atoms with E-state index in [2.05, 4.69) is 15.8 Å². The Morgan fingerprint density at radius 3 is 2.74 bits per heavy atom. The Hall–Kier alpha value is -2.97. The zero-order valence-corrected chi connectivity index (χ0v) is 21.3. The first-order valence-corrected chi connectivity index (χ1v) is 11.7. The van der Waals surface area contributed by atoms with E-state index in [1.165, 1.54) is 42.3 Å². The first-order chi connectivity index (χ1) is 16.7. The average molecular weight is 620 g/mol. The molecule has 0 bridgehead atoms. The number of carbonyl (C=O) groups is 2. The second-order valence-corrected chi connectivity index (χ2v) is 8.74. The number of carbonyl (C=O) groups excluding carboxylic acids is 2. The van der Waals surface area contributed by atoms with Gasteiger partial charge in [-0.15, -0.1) is 0 Å². The number of rotatable bonds is 8. The number of aromatic nitrogens is 1. The lowest BCUT2D eigenvalue weighted by Crippen LogP contribution is -2.49. The molecule has 4 N–H and O–H groups in total. The predicted octanol–water partition coefficient (Wildman–Crippen LogP) is 4.60. The Labute approximate surface area is 218 Å². The highest BCUT2D eigenvalue weighted by atomic mass is 127. The highest BCUT2D eigenvalue weighted by Crippen LogP contribution is 2.31. The summed E-state index contributed by atoms with van der Waals surface area (Å²) >= 11 is 7.81. The quantitative estimate of drug-likeness (QED) is 0.317. The molecule has 0 saturated carbocycles. The summed E-state index contributed by atoms with van der Waals surface area (Å²) in [6.45, 7) is -0.210. The minimum atomic E-state index is -0.846. The molecule has 186 valence electrons. The number of anilines is 1. The van der Waals surface area contributed by atoms with Crippen LogP contribution < -0.4 is 16.4 Å². The molecule has 2 aromatic carbocycles. The molecular formula is C22H21ClF2IN5O4. The molecule has 3 aromatic rings. The molecule has 1 atom stereocenters. The maximum Gasteiger partial charge on any atom is 0.412 e. The molecule has 0 unspecified atom stereocenters. The number of hydrogen-bond acceptors (Lipinski definition) is 6. The number of benzene rings is 2. The van der Waals surface area contributed by atoms with E-state index < -0.39 is 29.8 Å². The van der Waals surface area contributed by atoms with Gasteiger partial charge in [-0.3, -0.25) is 5.32 Å². The topological polar surface area (TPSA) is 123 Å². The van der Waals surface area contributed by atoms with Gasteiger partial charge in [-0.2, -0.15) is 0 Å². The number of nitrogens with two attached hydrogens (primary N) is 1. The lowest BCUT2D eigenvalue weighted by atomic mass is 10.2. The molecule has 0 aliphatic carbocycles. The molecule has 0 radical (unpaired) electrons. The molecule has 0 fully saturated rings. The van der Waals surface area contributed by atoms with Crippen molar-refractivity contribution in [2.45, 2.75) is 12.6 Å². The lowest BCUT2D eigenvalue weighted by Gasteiger charge is -2.27. The highest BCUT2D eigenvalue weighted by Gasteiger charge is 2.22. The summed E-state index contributed by atoms with van der Waals surface area (Å²) in [4.78, 5) is 26.0. The monoisotopic (exact) mass is 619 g/mol. The smallest absolute Gasteiger partial charge is 0.412 e. The van der Waals surface area contributed by atoms with Gasteiger partial charge in [0.05, 0.1) is 11.1 Å². The van der Waals surface area contributed by atoms with Crippen LogP contribution in [-0.2, 0) is 11.3 Å². The second-order valence-electron chi connectivity index (χ2n) is 7.28. The second kappa shape index (κ2) is 12.1. The fourth-order valence-electron chi connectivity index (χ4n) is 2.95. The fraction of sp³-hybridized carbons (Fsp3) is 0.227. The minimum absolute atomic E-state index is 0.00311. The van der Waals surface area contributed by atoms with Gasteiger partial charge in [-0.1, -0.05) is 41.0 Å². The molecule has 0 saturated heterocycles. The summed E-state index contributed by atoms with van der Waals surface area (Å²) in [6.07, 6.45) is -0.846. The van der Waals surface area contributed by atoms with Gasteiger partial charge in [-0.25, -0.2) is 18.4 Å². The van der Waals surface area contributed by atoms with Crippen LogP contribution in [0.1, 0.15) is 5.56 Å². The number of amides is 3. The molecule has 35 heavy (non-hydrogen) atoms. The normalized spacial score (nSPS) is 11.6. The lowest BCUT2D eigenvalue weighted by molar-refractivity contribution is 0.119. The Balaban J connectivity index is 1.53. The Bertz CT molecular complexity index is 1210. The van der Waals surface area contributed by atoms with Crippen LogP contribution in [0.5, 0.6) is 0 Å². The summed E-state index contributed by atoms with van der Waals surface area (Å²) < 4.78 is 37.9. The molecule has 1 heterocycles. The van der Waals surface area contributed by atoms with Crippen LogP contribution >= 0.6 is 34.2 Å². The standard InChI is InChI=1S/C22H21ClF2IN5O4/c1-31(21(32)28-10-13-5-3-7-16(25)17(13)23)15(9-27)11-34-22(33)29-20-18(26)19(35-30-20)12-4-2-6-14(24)8-12/h2-8,15H,9-11,27H2,1H3,(H,28,32)(H,29,30,33)/t15-/m0/s1. The molecule has 1 aromatic heterocycles. The Morgan fingerprint density at radius 2 is 2.03 bits per heavy atom. The summed E-state index contributed by atoms with van der Waals surface area (Å²) in [5.41, 5.74) is 6.61. The number of ether oxygens (including phenoxy) is 1. The largest absolute Gasteiger partial charge is 0.447 e. The number of halogens is 4. The van der Waals surface area contributed by atoms with Gasteiger partial charge < -0.3 is 25.2 Å². The van der Waals surface area contributed by atoms with Crippen LogP contribution in [-0.4, -0.2) is 48.4 Å². The van der Waals surface area contributed by atoms with Crippen molar-refractivity contribution in [1.29, 1.82) is 0 Å². The first-order valence-electron chi connectivity index (χ1n) is 10.2. The molecule has 0 spiro atoms. The van der Waals surface area contributed by atoms with Crippen LogP contribution in [0.4, 0.5) is 24.2 Å². The summed E-state index contributed by atoms with van der Waals surface area (Å²) in [7, 11) is 1.48. The van der Waals surface area contributed by atoms with E-state index in [4.69, 9.17) is 26.6 Å². The van der Waals surface area contributed by atoms with Gasteiger partial charge in [0.1, 0.15) is 21.8 Å². The third-order valence-electron chi connectivity index (χ3n) is 4.95. The van der Waals surface area contributed by atoms with E-state index in [-0.39, 0.29) is 36.3 Å². The van der Waals surface area contributed by atoms with Crippen molar-refractivity contribution in [2.24, 2.45) is 5.73 Å². The maximum absolute atomic E-state index is 13.6. The van der Waals surface area contributed by atoms with Crippen molar-refractivity contribution in [3.8, 4) is 11.3 Å². The van der Waals surface area contributed by atoms with Crippen molar-refractivity contribution >= 4 is 52.1 Å². The molecule has 3 amide bonds. The van der Waals surface area contributed by atoms with Crippen molar-refractivity contribution in [3.63, 3.8) is 0 Å². The molecule has 13 heteroatoms. The zero-order chi connectivity index (χ0) is 25.5. The van der Waals surface area contributed by atoms with Gasteiger partial charge >= 0.3 is 12.1 Å². The van der Waals surface area contributed by atoms with Gasteiger partial charge in [0, 0.05) is 25.7 Å². The van der Waals surface area contributed by atoms with Gasteiger partial charge in [0.25, 0.3) is 0 Å². The van der Waals surface area contributed by atoms with Crippen LogP contribution in [0.3, 0.4) is 0 Å². The fourth-order valence-corrected chi connectivity index (χ4v) is 3.79. The van der Waals surface area contributed by atoms with Crippen LogP contribution in [0.25, 0.3) is 11.3 Å². The number of nitrogens with one attached hydrogen (secondary N) is 2. The van der Waals surface area contributed by atoms with E-state index in [0.29, 0.717) is 14.7 Å². The van der Waals surface area contributed by atoms with Crippen LogP contribution in [0.2, 0.25) is 5.02 Å². The molecule has 3 rings (SSSR count). The van der Waals surface area contributed by atoms with Gasteiger partial charge in [-0.05, 0) is 46.4 Å². The van der Waals surface area contributed by atoms with E-state index in [1.807, 2.05) is 22.6 Å². The number of likely N-dealkylation sites (N-methyl/N-ethyl adjacent to an activating group) is 1. The summed E-state index contributed by atoms with van der Waals surface area (Å²) in [5, 5.41) is 8.77. The number of nitrogens with zero attached hydrogens (tertiary/aromatic N) is 2. The molecule has 9 nitrogen and oxygen atoms in total. The summed E-state index contributed by atoms with van der Waals surface area (Å²) in [5.74, 6) is -0.647.